The Balaban J connectivity index is 2.75. The molecule has 0 unspecified atom stereocenters. The molecule has 0 bridgehead atoms. The van der Waals surface area contributed by atoms with E-state index in [1.807, 2.05) is 12.2 Å². The van der Waals surface area contributed by atoms with Crippen LogP contribution in [0.4, 0.5) is 0 Å². The molecule has 0 atom stereocenters. The van der Waals surface area contributed by atoms with Crippen LogP contribution in [0.15, 0.2) is 65.0 Å². The standard InChI is InChI=1S/C19H26SSe/c1-4-7-15-20-19(18(11-5-2)12-6-3)21-16-17-13-9-8-10-14-17/h5-6,8-10,13-14H,2-4,7,11-12,15-16H2,1H3. The Morgan fingerprint density at radius 1 is 1.14 bits per heavy atom. The van der Waals surface area contributed by atoms with Crippen LogP contribution >= 0.6 is 11.8 Å². The number of hydrogen-bond donors (Lipinski definition) is 0. The van der Waals surface area contributed by atoms with Gasteiger partial charge < -0.3 is 0 Å². The summed E-state index contributed by atoms with van der Waals surface area (Å²) < 4.78 is 1.61. The average molecular weight is 365 g/mol. The SMILES string of the molecule is C=CCC(CC=C)=C(SCCCC)[Se]Cc1ccccc1. The van der Waals surface area contributed by atoms with E-state index in [1.165, 1.54) is 35.1 Å². The summed E-state index contributed by atoms with van der Waals surface area (Å²) in [6.45, 7) is 10.1. The molecule has 0 N–H and O–H groups in total. The zero-order valence-electron chi connectivity index (χ0n) is 13.0. The van der Waals surface area contributed by atoms with Crippen LogP contribution in [-0.2, 0) is 5.32 Å². The number of allylic oxidation sites excluding steroid dienone is 3. The third kappa shape index (κ3) is 7.76. The van der Waals surface area contributed by atoms with E-state index in [9.17, 15) is 0 Å². The molecule has 0 nitrogen and oxygen atoms in total. The molecule has 1 rings (SSSR count). The average Bonchev–Trinajstić information content (AvgIpc) is 2.52. The van der Waals surface area contributed by atoms with Gasteiger partial charge in [0.15, 0.2) is 0 Å². The fourth-order valence-corrected chi connectivity index (χ4v) is 6.11. The van der Waals surface area contributed by atoms with Crippen molar-refractivity contribution < 1.29 is 0 Å². The summed E-state index contributed by atoms with van der Waals surface area (Å²) >= 11 is 2.58. The van der Waals surface area contributed by atoms with E-state index in [2.05, 4.69) is 62.2 Å². The predicted molar refractivity (Wildman–Crippen MR) is 99.9 cm³/mol. The van der Waals surface area contributed by atoms with E-state index in [-0.39, 0.29) is 0 Å². The predicted octanol–water partition coefficient (Wildman–Crippen LogP) is 5.79. The van der Waals surface area contributed by atoms with Crippen molar-refractivity contribution in [3.63, 3.8) is 0 Å². The van der Waals surface area contributed by atoms with E-state index >= 15 is 0 Å². The molecule has 0 spiro atoms. The zero-order valence-corrected chi connectivity index (χ0v) is 15.5. The van der Waals surface area contributed by atoms with Crippen molar-refractivity contribution in [2.24, 2.45) is 0 Å². The van der Waals surface area contributed by atoms with Crippen molar-refractivity contribution in [2.75, 3.05) is 5.75 Å². The van der Waals surface area contributed by atoms with Gasteiger partial charge in [0.2, 0.25) is 0 Å². The molecule has 0 aromatic heterocycles. The number of thioether (sulfide) groups is 1. The maximum atomic E-state index is 3.91. The van der Waals surface area contributed by atoms with Gasteiger partial charge in [-0.1, -0.05) is 0 Å². The molecule has 1 aromatic carbocycles. The van der Waals surface area contributed by atoms with Crippen LogP contribution in [0.5, 0.6) is 0 Å². The number of hydrogen-bond acceptors (Lipinski definition) is 1. The zero-order chi connectivity index (χ0) is 15.3. The maximum absolute atomic E-state index is 3.91. The third-order valence-corrected chi connectivity index (χ3v) is 7.57. The molecule has 0 saturated carbocycles. The summed E-state index contributed by atoms with van der Waals surface area (Å²) in [5, 5.41) is 1.18. The van der Waals surface area contributed by atoms with Crippen LogP contribution in [0.25, 0.3) is 0 Å². The van der Waals surface area contributed by atoms with Crippen molar-refractivity contribution in [3.8, 4) is 0 Å². The van der Waals surface area contributed by atoms with E-state index in [0.717, 1.165) is 12.8 Å². The van der Waals surface area contributed by atoms with Gasteiger partial charge in [0, 0.05) is 0 Å². The van der Waals surface area contributed by atoms with Gasteiger partial charge in [-0.2, -0.15) is 0 Å². The first-order valence-corrected chi connectivity index (χ1v) is 10.6. The molecule has 0 aliphatic rings. The van der Waals surface area contributed by atoms with Crippen LogP contribution in [0.3, 0.4) is 0 Å². The molecule has 1 aromatic rings. The molecule has 0 amide bonds. The molecule has 0 fully saturated rings. The van der Waals surface area contributed by atoms with E-state index in [0.29, 0.717) is 15.0 Å². The van der Waals surface area contributed by atoms with Crippen LogP contribution in [-0.4, -0.2) is 20.7 Å². The first kappa shape index (κ1) is 18.4. The first-order valence-electron chi connectivity index (χ1n) is 7.55. The molecule has 0 aliphatic carbocycles. The molecular formula is C19H26SSe. The van der Waals surface area contributed by atoms with Crippen molar-refractivity contribution in [1.82, 2.24) is 0 Å². The molecule has 0 aliphatic heterocycles. The van der Waals surface area contributed by atoms with Crippen molar-refractivity contribution >= 4 is 26.7 Å². The van der Waals surface area contributed by atoms with Crippen molar-refractivity contribution in [2.45, 2.75) is 37.9 Å². The Morgan fingerprint density at radius 3 is 2.38 bits per heavy atom. The summed E-state index contributed by atoms with van der Waals surface area (Å²) in [4.78, 5) is 0. The quantitative estimate of drug-likeness (QED) is 0.272. The van der Waals surface area contributed by atoms with Crippen LogP contribution in [0, 0.1) is 0 Å². The number of benzene rings is 1. The van der Waals surface area contributed by atoms with Gasteiger partial charge in [-0.25, -0.2) is 0 Å². The van der Waals surface area contributed by atoms with E-state index < -0.39 is 0 Å². The van der Waals surface area contributed by atoms with Gasteiger partial charge >= 0.3 is 141 Å². The molecule has 0 heterocycles. The molecule has 0 radical (unpaired) electrons. The van der Waals surface area contributed by atoms with Crippen LogP contribution < -0.4 is 0 Å². The molecule has 2 heteroatoms. The summed E-state index contributed by atoms with van der Waals surface area (Å²) in [6.07, 6.45) is 8.61. The Hall–Kier alpha value is -0.691. The van der Waals surface area contributed by atoms with Gasteiger partial charge in [-0.3, -0.25) is 0 Å². The summed E-state index contributed by atoms with van der Waals surface area (Å²) in [5.41, 5.74) is 2.97. The van der Waals surface area contributed by atoms with Crippen LogP contribution in [0.2, 0.25) is 0 Å². The van der Waals surface area contributed by atoms with Crippen molar-refractivity contribution in [1.29, 1.82) is 0 Å². The Bertz CT molecular complexity index is 436. The minimum atomic E-state index is 0.515. The van der Waals surface area contributed by atoms with Crippen molar-refractivity contribution in [3.05, 3.63) is 70.6 Å². The molecular weight excluding hydrogens is 339 g/mol. The second-order valence-corrected chi connectivity index (χ2v) is 8.61. The monoisotopic (exact) mass is 366 g/mol. The van der Waals surface area contributed by atoms with Gasteiger partial charge in [0.25, 0.3) is 0 Å². The van der Waals surface area contributed by atoms with E-state index in [4.69, 9.17) is 0 Å². The Kier molecular flexibility index (Phi) is 10.4. The first-order chi connectivity index (χ1) is 10.3. The van der Waals surface area contributed by atoms with Gasteiger partial charge in [0.05, 0.1) is 0 Å². The van der Waals surface area contributed by atoms with Gasteiger partial charge in [0.1, 0.15) is 0 Å². The Morgan fingerprint density at radius 2 is 1.81 bits per heavy atom. The fraction of sp³-hybridized carbons (Fsp3) is 0.368. The third-order valence-electron chi connectivity index (χ3n) is 3.01. The second kappa shape index (κ2) is 11.9. The topological polar surface area (TPSA) is 0 Å². The number of rotatable bonds is 11. The summed E-state index contributed by atoms with van der Waals surface area (Å²) in [7, 11) is 0. The number of unbranched alkanes of at least 4 members (excludes halogenated alkanes) is 1. The fourth-order valence-electron chi connectivity index (χ4n) is 1.88. The van der Waals surface area contributed by atoms with Gasteiger partial charge in [-0.15, -0.1) is 0 Å². The molecule has 114 valence electrons. The van der Waals surface area contributed by atoms with Gasteiger partial charge in [-0.05, 0) is 0 Å². The Labute approximate surface area is 141 Å². The minimum absolute atomic E-state index is 0.515. The second-order valence-electron chi connectivity index (χ2n) is 4.85. The molecule has 21 heavy (non-hydrogen) atoms. The van der Waals surface area contributed by atoms with Crippen LogP contribution in [0.1, 0.15) is 38.2 Å². The normalized spacial score (nSPS) is 10.1. The summed E-state index contributed by atoms with van der Waals surface area (Å²) in [6, 6.07) is 10.8. The van der Waals surface area contributed by atoms with E-state index in [1.54, 1.807) is 3.80 Å². The summed E-state index contributed by atoms with van der Waals surface area (Å²) in [5.74, 6) is 1.24. The molecule has 0 saturated heterocycles.